The van der Waals surface area contributed by atoms with Crippen LogP contribution in [0.5, 0.6) is 0 Å². The molecule has 0 heterocycles. The van der Waals surface area contributed by atoms with Gasteiger partial charge in [-0.1, -0.05) is 104 Å². The summed E-state index contributed by atoms with van der Waals surface area (Å²) in [6.07, 6.45) is 9.42. The van der Waals surface area contributed by atoms with E-state index in [2.05, 4.69) is 91.8 Å². The fraction of sp³-hybridized carbons (Fsp3) is 0.500. The zero-order chi connectivity index (χ0) is 24.6. The van der Waals surface area contributed by atoms with Gasteiger partial charge in [-0.3, -0.25) is 0 Å². The molecular formula is C34H45Hf-. The Kier molecular flexibility index (Phi) is 9.52. The molecule has 4 rings (SSSR count). The van der Waals surface area contributed by atoms with Crippen LogP contribution in [0, 0.1) is 5.92 Å². The number of hydrogen-bond donors (Lipinski definition) is 0. The summed E-state index contributed by atoms with van der Waals surface area (Å²) in [6, 6.07) is 12.1. The van der Waals surface area contributed by atoms with Gasteiger partial charge in [0.05, 0.1) is 0 Å². The summed E-state index contributed by atoms with van der Waals surface area (Å²) in [5.41, 5.74) is 14.2. The van der Waals surface area contributed by atoms with Crippen LogP contribution in [0.2, 0.25) is 0 Å². The summed E-state index contributed by atoms with van der Waals surface area (Å²) >= 11 is 0. The Morgan fingerprint density at radius 3 is 1.89 bits per heavy atom. The first-order valence-electron chi connectivity index (χ1n) is 13.9. The van der Waals surface area contributed by atoms with Gasteiger partial charge in [-0.2, -0.15) is 6.07 Å². The molecule has 186 valence electrons. The molecule has 0 saturated carbocycles. The molecule has 0 fully saturated rings. The molecule has 3 aromatic rings. The van der Waals surface area contributed by atoms with E-state index >= 15 is 0 Å². The van der Waals surface area contributed by atoms with Crippen LogP contribution in [0.25, 0.3) is 16.8 Å². The first kappa shape index (κ1) is 28.2. The minimum atomic E-state index is 0. The van der Waals surface area contributed by atoms with Crippen LogP contribution in [0.3, 0.4) is 0 Å². The fourth-order valence-corrected chi connectivity index (χ4v) is 6.53. The molecule has 1 heteroatoms. The van der Waals surface area contributed by atoms with E-state index in [0.29, 0.717) is 17.8 Å². The largest absolute Gasteiger partial charge is 0.164 e. The van der Waals surface area contributed by atoms with Crippen molar-refractivity contribution in [3.05, 3.63) is 80.4 Å². The van der Waals surface area contributed by atoms with E-state index < -0.39 is 0 Å². The van der Waals surface area contributed by atoms with Crippen molar-refractivity contribution in [1.82, 2.24) is 0 Å². The third-order valence-electron chi connectivity index (χ3n) is 8.40. The SMILES string of the molecule is CCc1ccc(CC)c2c1C=C(C(C)C)C2CC[c-]1c(C(C)C)cc2c(CC)ccc(CC)c21.[Hf]. The van der Waals surface area contributed by atoms with Crippen LogP contribution in [0.1, 0.15) is 118 Å². The van der Waals surface area contributed by atoms with E-state index in [4.69, 9.17) is 0 Å². The van der Waals surface area contributed by atoms with E-state index in [1.54, 1.807) is 38.8 Å². The van der Waals surface area contributed by atoms with Gasteiger partial charge in [0.25, 0.3) is 0 Å². The number of aryl methyl sites for hydroxylation is 5. The smallest absolute Gasteiger partial charge is 0.00585 e. The molecule has 0 saturated heterocycles. The van der Waals surface area contributed by atoms with Gasteiger partial charge in [-0.05, 0) is 59.8 Å². The minimum absolute atomic E-state index is 0. The second-order valence-electron chi connectivity index (χ2n) is 10.9. The van der Waals surface area contributed by atoms with Crippen LogP contribution in [-0.4, -0.2) is 0 Å². The van der Waals surface area contributed by atoms with Gasteiger partial charge in [-0.15, -0.1) is 33.5 Å². The molecule has 35 heavy (non-hydrogen) atoms. The van der Waals surface area contributed by atoms with Crippen molar-refractivity contribution >= 4 is 16.8 Å². The topological polar surface area (TPSA) is 0 Å². The summed E-state index contributed by atoms with van der Waals surface area (Å²) < 4.78 is 0. The molecule has 0 radical (unpaired) electrons. The van der Waals surface area contributed by atoms with E-state index in [9.17, 15) is 0 Å². The molecule has 0 aliphatic heterocycles. The number of hydrogen-bond acceptors (Lipinski definition) is 0. The van der Waals surface area contributed by atoms with Gasteiger partial charge in [0.1, 0.15) is 0 Å². The Morgan fingerprint density at radius 1 is 0.743 bits per heavy atom. The van der Waals surface area contributed by atoms with E-state index in [0.717, 1.165) is 25.7 Å². The molecule has 0 aromatic heterocycles. The maximum atomic E-state index is 2.57. The van der Waals surface area contributed by atoms with Crippen molar-refractivity contribution in [1.29, 1.82) is 0 Å². The number of rotatable bonds is 9. The molecule has 1 aliphatic rings. The number of benzene rings is 2. The van der Waals surface area contributed by atoms with E-state index in [1.165, 1.54) is 34.9 Å². The van der Waals surface area contributed by atoms with Gasteiger partial charge in [-0.25, -0.2) is 0 Å². The zero-order valence-corrected chi connectivity index (χ0v) is 27.0. The molecule has 0 amide bonds. The van der Waals surface area contributed by atoms with Gasteiger partial charge >= 0.3 is 0 Å². The summed E-state index contributed by atoms with van der Waals surface area (Å²) in [5, 5.41) is 3.10. The molecule has 3 aromatic carbocycles. The maximum absolute atomic E-state index is 2.57. The second-order valence-corrected chi connectivity index (χ2v) is 10.9. The Morgan fingerprint density at radius 2 is 1.31 bits per heavy atom. The van der Waals surface area contributed by atoms with Gasteiger partial charge in [0.15, 0.2) is 0 Å². The maximum Gasteiger partial charge on any atom is 0.00585 e. The standard InChI is InChI=1S/C34H45.Hf/c1-9-23-13-15-25(11-3)33-27(29(21(5)6)19-31(23)33)17-18-28-30(22(7)8)20-32-24(10-2)14-16-26(12-4)34(28)32;/h13-16,19-22,27H,9-12,17-18H2,1-8H3;/q-1;. The van der Waals surface area contributed by atoms with Crippen LogP contribution in [0.15, 0.2) is 35.9 Å². The van der Waals surface area contributed by atoms with Crippen LogP contribution in [0.4, 0.5) is 0 Å². The third kappa shape index (κ3) is 5.09. The average Bonchev–Trinajstić information content (AvgIpc) is 3.41. The Labute approximate surface area is 233 Å². The second kappa shape index (κ2) is 11.8. The van der Waals surface area contributed by atoms with Crippen molar-refractivity contribution < 1.29 is 25.8 Å². The van der Waals surface area contributed by atoms with Crippen molar-refractivity contribution in [3.8, 4) is 0 Å². The monoisotopic (exact) mass is 633 g/mol. The predicted octanol–water partition coefficient (Wildman–Crippen LogP) is 9.70. The molecular weight excluding hydrogens is 587 g/mol. The summed E-state index contributed by atoms with van der Waals surface area (Å²) in [7, 11) is 0. The first-order valence-corrected chi connectivity index (χ1v) is 13.9. The first-order chi connectivity index (χ1) is 16.4. The Balaban J connectivity index is 0.00000342. The third-order valence-corrected chi connectivity index (χ3v) is 8.40. The van der Waals surface area contributed by atoms with Crippen LogP contribution in [-0.2, 0) is 57.9 Å². The van der Waals surface area contributed by atoms with E-state index in [-0.39, 0.29) is 25.8 Å². The van der Waals surface area contributed by atoms with Crippen LogP contribution >= 0.6 is 0 Å². The molecule has 0 spiro atoms. The molecule has 0 N–H and O–H groups in total. The molecule has 1 unspecified atom stereocenters. The van der Waals surface area contributed by atoms with Crippen molar-refractivity contribution in [2.24, 2.45) is 5.92 Å². The Bertz CT molecular complexity index is 1200. The summed E-state index contributed by atoms with van der Waals surface area (Å²) in [6.45, 7) is 18.8. The zero-order valence-electron chi connectivity index (χ0n) is 23.4. The van der Waals surface area contributed by atoms with Gasteiger partial charge in [0.2, 0.25) is 0 Å². The molecule has 0 nitrogen and oxygen atoms in total. The minimum Gasteiger partial charge on any atom is -0.164 e. The number of allylic oxidation sites excluding steroid dienone is 1. The summed E-state index contributed by atoms with van der Waals surface area (Å²) in [4.78, 5) is 0. The molecule has 1 atom stereocenters. The molecule has 1 aliphatic carbocycles. The van der Waals surface area contributed by atoms with Crippen molar-refractivity contribution in [2.75, 3.05) is 0 Å². The quantitative estimate of drug-likeness (QED) is 0.163. The summed E-state index contributed by atoms with van der Waals surface area (Å²) in [5.74, 6) is 1.71. The Hall–Kier alpha value is -1.34. The van der Waals surface area contributed by atoms with E-state index in [1.807, 2.05) is 0 Å². The predicted molar refractivity (Wildman–Crippen MR) is 151 cm³/mol. The normalized spacial score (nSPS) is 15.1. The fourth-order valence-electron chi connectivity index (χ4n) is 6.53. The average molecular weight is 632 g/mol. The number of fused-ring (bicyclic) bond motifs is 2. The molecule has 0 bridgehead atoms. The van der Waals surface area contributed by atoms with Crippen molar-refractivity contribution in [2.45, 2.75) is 106 Å². The van der Waals surface area contributed by atoms with Crippen LogP contribution < -0.4 is 0 Å². The van der Waals surface area contributed by atoms with Gasteiger partial charge in [0, 0.05) is 31.8 Å². The van der Waals surface area contributed by atoms with Crippen molar-refractivity contribution in [3.63, 3.8) is 0 Å². The van der Waals surface area contributed by atoms with Gasteiger partial charge < -0.3 is 0 Å².